The number of hydrogen-bond donors (Lipinski definition) is 1. The summed E-state index contributed by atoms with van der Waals surface area (Å²) in [7, 11) is -2.95. The lowest BCUT2D eigenvalue weighted by Gasteiger charge is -2.07. The summed E-state index contributed by atoms with van der Waals surface area (Å²) >= 11 is 0. The van der Waals surface area contributed by atoms with Crippen LogP contribution in [-0.4, -0.2) is 35.5 Å². The standard InChI is InChI=1S/C9H14N2O3S/c1-15(13,14)7-2-4-8(12)9-10-5-3-6-11-9/h3,5-6,8,12H,2,4,7H2,1H3. The first-order valence-corrected chi connectivity index (χ1v) is 6.68. The Hall–Kier alpha value is -1.01. The fourth-order valence-corrected chi connectivity index (χ4v) is 1.84. The Labute approximate surface area is 89.1 Å². The van der Waals surface area contributed by atoms with Gasteiger partial charge in [0, 0.05) is 24.4 Å². The minimum Gasteiger partial charge on any atom is -0.385 e. The summed E-state index contributed by atoms with van der Waals surface area (Å²) in [6, 6.07) is 1.66. The lowest BCUT2D eigenvalue weighted by molar-refractivity contribution is 0.157. The van der Waals surface area contributed by atoms with Crippen molar-refractivity contribution in [2.45, 2.75) is 18.9 Å². The van der Waals surface area contributed by atoms with Crippen LogP contribution in [0.25, 0.3) is 0 Å². The summed E-state index contributed by atoms with van der Waals surface area (Å²) < 4.78 is 21.7. The molecule has 1 rings (SSSR count). The molecule has 5 nitrogen and oxygen atoms in total. The lowest BCUT2D eigenvalue weighted by atomic mass is 10.2. The highest BCUT2D eigenvalue weighted by molar-refractivity contribution is 7.90. The van der Waals surface area contributed by atoms with Gasteiger partial charge >= 0.3 is 0 Å². The molecule has 0 aliphatic carbocycles. The van der Waals surface area contributed by atoms with Gasteiger partial charge in [0.15, 0.2) is 5.82 Å². The zero-order valence-corrected chi connectivity index (χ0v) is 9.31. The summed E-state index contributed by atoms with van der Waals surface area (Å²) in [6.45, 7) is 0. The average molecular weight is 230 g/mol. The van der Waals surface area contributed by atoms with Gasteiger partial charge in [0.2, 0.25) is 0 Å². The molecule has 1 heterocycles. The first-order chi connectivity index (χ1) is 6.99. The largest absolute Gasteiger partial charge is 0.385 e. The van der Waals surface area contributed by atoms with Gasteiger partial charge in [-0.25, -0.2) is 18.4 Å². The van der Waals surface area contributed by atoms with Gasteiger partial charge < -0.3 is 5.11 Å². The molecule has 6 heteroatoms. The van der Waals surface area contributed by atoms with Crippen LogP contribution in [0.2, 0.25) is 0 Å². The number of aromatic nitrogens is 2. The van der Waals surface area contributed by atoms with Crippen molar-refractivity contribution < 1.29 is 13.5 Å². The minimum atomic E-state index is -2.95. The summed E-state index contributed by atoms with van der Waals surface area (Å²) in [5.41, 5.74) is 0. The van der Waals surface area contributed by atoms with E-state index in [2.05, 4.69) is 9.97 Å². The van der Waals surface area contributed by atoms with Gasteiger partial charge in [-0.2, -0.15) is 0 Å². The van der Waals surface area contributed by atoms with Crippen LogP contribution < -0.4 is 0 Å². The Balaban J connectivity index is 2.41. The van der Waals surface area contributed by atoms with E-state index < -0.39 is 15.9 Å². The summed E-state index contributed by atoms with van der Waals surface area (Å²) in [5, 5.41) is 9.60. The van der Waals surface area contributed by atoms with Gasteiger partial charge in [-0.3, -0.25) is 0 Å². The zero-order valence-electron chi connectivity index (χ0n) is 8.50. The van der Waals surface area contributed by atoms with Crippen LogP contribution in [-0.2, 0) is 9.84 Å². The maximum absolute atomic E-state index is 10.8. The van der Waals surface area contributed by atoms with E-state index in [1.54, 1.807) is 18.5 Å². The quantitative estimate of drug-likeness (QED) is 0.788. The second-order valence-electron chi connectivity index (χ2n) is 3.39. The Morgan fingerprint density at radius 3 is 2.53 bits per heavy atom. The Morgan fingerprint density at radius 2 is 2.00 bits per heavy atom. The third-order valence-corrected chi connectivity index (χ3v) is 2.91. The molecule has 0 aliphatic rings. The number of rotatable bonds is 5. The molecular weight excluding hydrogens is 216 g/mol. The Bertz CT molecular complexity index is 391. The molecule has 0 aromatic carbocycles. The summed E-state index contributed by atoms with van der Waals surface area (Å²) in [5.74, 6) is 0.419. The van der Waals surface area contributed by atoms with Crippen molar-refractivity contribution in [2.24, 2.45) is 0 Å². The van der Waals surface area contributed by atoms with E-state index in [1.165, 1.54) is 6.26 Å². The van der Waals surface area contributed by atoms with Crippen molar-refractivity contribution >= 4 is 9.84 Å². The third kappa shape index (κ3) is 4.85. The second kappa shape index (κ2) is 5.18. The first kappa shape index (κ1) is 12.1. The van der Waals surface area contributed by atoms with E-state index >= 15 is 0 Å². The van der Waals surface area contributed by atoms with Gasteiger partial charge in [-0.05, 0) is 18.9 Å². The van der Waals surface area contributed by atoms with E-state index in [-0.39, 0.29) is 5.75 Å². The van der Waals surface area contributed by atoms with Crippen molar-refractivity contribution in [3.8, 4) is 0 Å². The highest BCUT2D eigenvalue weighted by Gasteiger charge is 2.11. The third-order valence-electron chi connectivity index (χ3n) is 1.88. The van der Waals surface area contributed by atoms with Crippen LogP contribution in [0.15, 0.2) is 18.5 Å². The van der Waals surface area contributed by atoms with E-state index in [4.69, 9.17) is 0 Å². The number of nitrogens with zero attached hydrogens (tertiary/aromatic N) is 2. The molecule has 1 aromatic rings. The maximum atomic E-state index is 10.8. The molecule has 1 aromatic heterocycles. The summed E-state index contributed by atoms with van der Waals surface area (Å²) in [6.07, 6.45) is 4.26. The predicted octanol–water partition coefficient (Wildman–Crippen LogP) is 0.335. The molecule has 0 radical (unpaired) electrons. The number of hydrogen-bond acceptors (Lipinski definition) is 5. The lowest BCUT2D eigenvalue weighted by Crippen LogP contribution is -2.07. The van der Waals surface area contributed by atoms with Crippen LogP contribution in [0.5, 0.6) is 0 Å². The van der Waals surface area contributed by atoms with Gasteiger partial charge in [0.25, 0.3) is 0 Å². The van der Waals surface area contributed by atoms with E-state index in [9.17, 15) is 13.5 Å². The monoisotopic (exact) mass is 230 g/mol. The topological polar surface area (TPSA) is 80.2 Å². The Kier molecular flexibility index (Phi) is 4.16. The predicted molar refractivity (Wildman–Crippen MR) is 55.9 cm³/mol. The van der Waals surface area contributed by atoms with E-state index in [1.807, 2.05) is 0 Å². The molecule has 1 unspecified atom stereocenters. The van der Waals surface area contributed by atoms with Gasteiger partial charge in [-0.15, -0.1) is 0 Å². The van der Waals surface area contributed by atoms with Crippen molar-refractivity contribution in [3.63, 3.8) is 0 Å². The molecule has 0 saturated carbocycles. The van der Waals surface area contributed by atoms with Crippen LogP contribution >= 0.6 is 0 Å². The molecule has 0 spiro atoms. The van der Waals surface area contributed by atoms with Gasteiger partial charge in [0.1, 0.15) is 15.9 Å². The van der Waals surface area contributed by atoms with E-state index in [0.29, 0.717) is 18.7 Å². The number of aliphatic hydroxyl groups is 1. The highest BCUT2D eigenvalue weighted by atomic mass is 32.2. The van der Waals surface area contributed by atoms with Gasteiger partial charge in [-0.1, -0.05) is 0 Å². The zero-order chi connectivity index (χ0) is 11.3. The Morgan fingerprint density at radius 1 is 1.40 bits per heavy atom. The molecule has 0 saturated heterocycles. The van der Waals surface area contributed by atoms with Crippen LogP contribution in [0.4, 0.5) is 0 Å². The molecular formula is C9H14N2O3S. The van der Waals surface area contributed by atoms with E-state index in [0.717, 1.165) is 0 Å². The molecule has 1 N–H and O–H groups in total. The summed E-state index contributed by atoms with van der Waals surface area (Å²) in [4.78, 5) is 7.77. The average Bonchev–Trinajstić information content (AvgIpc) is 2.17. The number of sulfone groups is 1. The fourth-order valence-electron chi connectivity index (χ4n) is 1.15. The van der Waals surface area contributed by atoms with Crippen molar-refractivity contribution in [1.82, 2.24) is 9.97 Å². The fraction of sp³-hybridized carbons (Fsp3) is 0.556. The second-order valence-corrected chi connectivity index (χ2v) is 5.65. The van der Waals surface area contributed by atoms with Crippen LogP contribution in [0.1, 0.15) is 24.8 Å². The molecule has 84 valence electrons. The molecule has 15 heavy (non-hydrogen) atoms. The highest BCUT2D eigenvalue weighted by Crippen LogP contribution is 2.13. The van der Waals surface area contributed by atoms with Crippen LogP contribution in [0, 0.1) is 0 Å². The van der Waals surface area contributed by atoms with Gasteiger partial charge in [0.05, 0.1) is 0 Å². The molecule has 0 aliphatic heterocycles. The normalized spacial score (nSPS) is 13.7. The van der Waals surface area contributed by atoms with Crippen molar-refractivity contribution in [1.29, 1.82) is 0 Å². The van der Waals surface area contributed by atoms with Crippen molar-refractivity contribution in [2.75, 3.05) is 12.0 Å². The smallest absolute Gasteiger partial charge is 0.156 e. The minimum absolute atomic E-state index is 0.0803. The molecule has 0 fully saturated rings. The molecule has 0 amide bonds. The first-order valence-electron chi connectivity index (χ1n) is 4.62. The van der Waals surface area contributed by atoms with Crippen LogP contribution in [0.3, 0.4) is 0 Å². The van der Waals surface area contributed by atoms with Crippen molar-refractivity contribution in [3.05, 3.63) is 24.3 Å². The number of aliphatic hydroxyl groups excluding tert-OH is 1. The molecule has 0 bridgehead atoms. The SMILES string of the molecule is CS(=O)(=O)CCCC(O)c1ncccn1. The maximum Gasteiger partial charge on any atom is 0.156 e. The molecule has 1 atom stereocenters.